The van der Waals surface area contributed by atoms with E-state index in [0.717, 1.165) is 53.4 Å². The number of amidine groups is 1. The van der Waals surface area contributed by atoms with Gasteiger partial charge in [0.15, 0.2) is 0 Å². The molecular formula is C27H30N4O. The summed E-state index contributed by atoms with van der Waals surface area (Å²) in [6, 6.07) is 20.5. The Balaban J connectivity index is 1.55. The summed E-state index contributed by atoms with van der Waals surface area (Å²) >= 11 is 0. The van der Waals surface area contributed by atoms with Gasteiger partial charge < -0.3 is 15.8 Å². The second-order valence-electron chi connectivity index (χ2n) is 8.24. The number of pyridine rings is 1. The van der Waals surface area contributed by atoms with Crippen molar-refractivity contribution in [3.05, 3.63) is 95.3 Å². The standard InChI is InChI=1S/C27H30N4O/c1-19(2)21-6-4-20(5-7-21)18-32-24-10-8-22(9-11-24)25(27-30-14-3-15-31-27)26(28)23-12-16-29-17-13-23/h4-13,16-17,19H,3,14-15,18,28H2,1-2H3,(H,30,31). The Hall–Kier alpha value is -3.60. The second-order valence-corrected chi connectivity index (χ2v) is 8.24. The molecule has 0 radical (unpaired) electrons. The van der Waals surface area contributed by atoms with Crippen LogP contribution >= 0.6 is 0 Å². The zero-order valence-corrected chi connectivity index (χ0v) is 18.7. The number of aliphatic imine (C=N–C) groups is 1. The lowest BCUT2D eigenvalue weighted by Gasteiger charge is -2.20. The Kier molecular flexibility index (Phi) is 6.85. The van der Waals surface area contributed by atoms with Crippen LogP contribution < -0.4 is 15.8 Å². The molecule has 2 aromatic carbocycles. The number of ether oxygens (including phenoxy) is 1. The van der Waals surface area contributed by atoms with Crippen molar-refractivity contribution in [3.63, 3.8) is 0 Å². The molecule has 0 aliphatic carbocycles. The van der Waals surface area contributed by atoms with Gasteiger partial charge in [0.2, 0.25) is 0 Å². The van der Waals surface area contributed by atoms with E-state index < -0.39 is 0 Å². The fourth-order valence-electron chi connectivity index (χ4n) is 3.68. The Bertz CT molecular complexity index is 1080. The maximum absolute atomic E-state index is 6.61. The van der Waals surface area contributed by atoms with E-state index in [0.29, 0.717) is 18.2 Å². The first-order valence-electron chi connectivity index (χ1n) is 11.1. The fraction of sp³-hybridized carbons (Fsp3) is 0.259. The fourth-order valence-corrected chi connectivity index (χ4v) is 3.68. The first kappa shape index (κ1) is 21.6. The van der Waals surface area contributed by atoms with Crippen LogP contribution in [0.5, 0.6) is 5.75 Å². The molecule has 0 spiro atoms. The van der Waals surface area contributed by atoms with Crippen molar-refractivity contribution in [3.8, 4) is 5.75 Å². The molecule has 1 aliphatic rings. The highest BCUT2D eigenvalue weighted by atomic mass is 16.5. The largest absolute Gasteiger partial charge is 0.489 e. The minimum Gasteiger partial charge on any atom is -0.489 e. The Morgan fingerprint density at radius 2 is 1.69 bits per heavy atom. The predicted molar refractivity (Wildman–Crippen MR) is 131 cm³/mol. The molecule has 4 rings (SSSR count). The molecule has 0 amide bonds. The maximum Gasteiger partial charge on any atom is 0.131 e. The Morgan fingerprint density at radius 3 is 2.31 bits per heavy atom. The molecule has 5 nitrogen and oxygen atoms in total. The summed E-state index contributed by atoms with van der Waals surface area (Å²) in [5.74, 6) is 2.19. The molecule has 0 atom stereocenters. The summed E-state index contributed by atoms with van der Waals surface area (Å²) < 4.78 is 6.02. The topological polar surface area (TPSA) is 72.5 Å². The van der Waals surface area contributed by atoms with Gasteiger partial charge in [0.1, 0.15) is 18.2 Å². The van der Waals surface area contributed by atoms with Crippen molar-refractivity contribution in [2.75, 3.05) is 13.1 Å². The van der Waals surface area contributed by atoms with E-state index in [2.05, 4.69) is 48.4 Å². The summed E-state index contributed by atoms with van der Waals surface area (Å²) in [6.07, 6.45) is 4.53. The van der Waals surface area contributed by atoms with Crippen molar-refractivity contribution >= 4 is 17.1 Å². The van der Waals surface area contributed by atoms with Crippen LogP contribution in [0.4, 0.5) is 0 Å². The lowest BCUT2D eigenvalue weighted by Crippen LogP contribution is -2.31. The summed E-state index contributed by atoms with van der Waals surface area (Å²) in [5, 5.41) is 3.41. The van der Waals surface area contributed by atoms with Gasteiger partial charge in [0.25, 0.3) is 0 Å². The van der Waals surface area contributed by atoms with Gasteiger partial charge in [-0.3, -0.25) is 9.98 Å². The van der Waals surface area contributed by atoms with E-state index in [-0.39, 0.29) is 0 Å². The Morgan fingerprint density at radius 1 is 0.969 bits per heavy atom. The molecule has 0 bridgehead atoms. The molecule has 0 saturated heterocycles. The molecule has 3 aromatic rings. The normalized spacial score (nSPS) is 14.4. The van der Waals surface area contributed by atoms with Crippen LogP contribution in [-0.4, -0.2) is 23.9 Å². The van der Waals surface area contributed by atoms with Gasteiger partial charge in [0.05, 0.1) is 5.70 Å². The highest BCUT2D eigenvalue weighted by Crippen LogP contribution is 2.26. The molecule has 1 aromatic heterocycles. The zero-order valence-electron chi connectivity index (χ0n) is 18.7. The van der Waals surface area contributed by atoms with Crippen LogP contribution in [-0.2, 0) is 6.61 Å². The van der Waals surface area contributed by atoms with Crippen LogP contribution in [0.15, 0.2) is 78.0 Å². The molecule has 0 unspecified atom stereocenters. The monoisotopic (exact) mass is 426 g/mol. The van der Waals surface area contributed by atoms with E-state index in [9.17, 15) is 0 Å². The molecule has 5 heteroatoms. The van der Waals surface area contributed by atoms with Gasteiger partial charge in [0, 0.05) is 36.6 Å². The SMILES string of the molecule is CC(C)c1ccc(COc2ccc(C(C3=NCCCN3)=C(N)c3ccncc3)cc2)cc1. The summed E-state index contributed by atoms with van der Waals surface area (Å²) in [5.41, 5.74) is 12.6. The van der Waals surface area contributed by atoms with E-state index >= 15 is 0 Å². The molecule has 1 aliphatic heterocycles. The predicted octanol–water partition coefficient (Wildman–Crippen LogP) is 5.00. The third-order valence-corrected chi connectivity index (χ3v) is 5.59. The van der Waals surface area contributed by atoms with Crippen molar-refractivity contribution in [1.82, 2.24) is 10.3 Å². The first-order valence-corrected chi connectivity index (χ1v) is 11.1. The van der Waals surface area contributed by atoms with Crippen LogP contribution in [0.3, 0.4) is 0 Å². The minimum absolute atomic E-state index is 0.530. The number of rotatable bonds is 7. The van der Waals surface area contributed by atoms with Gasteiger partial charge in [-0.05, 0) is 53.3 Å². The van der Waals surface area contributed by atoms with Gasteiger partial charge >= 0.3 is 0 Å². The van der Waals surface area contributed by atoms with Gasteiger partial charge in [-0.1, -0.05) is 50.2 Å². The van der Waals surface area contributed by atoms with Crippen molar-refractivity contribution in [2.24, 2.45) is 10.7 Å². The molecule has 32 heavy (non-hydrogen) atoms. The zero-order chi connectivity index (χ0) is 22.3. The minimum atomic E-state index is 0.530. The number of aromatic nitrogens is 1. The molecule has 3 N–H and O–H groups in total. The van der Waals surface area contributed by atoms with Crippen molar-refractivity contribution < 1.29 is 4.74 Å². The van der Waals surface area contributed by atoms with Gasteiger partial charge in [-0.2, -0.15) is 0 Å². The summed E-state index contributed by atoms with van der Waals surface area (Å²) in [6.45, 7) is 6.63. The average molecular weight is 427 g/mol. The van der Waals surface area contributed by atoms with E-state index in [1.807, 2.05) is 36.4 Å². The third-order valence-electron chi connectivity index (χ3n) is 5.59. The van der Waals surface area contributed by atoms with E-state index in [1.54, 1.807) is 12.4 Å². The van der Waals surface area contributed by atoms with Crippen LogP contribution in [0.2, 0.25) is 0 Å². The average Bonchev–Trinajstić information content (AvgIpc) is 2.85. The molecule has 2 heterocycles. The molecule has 0 saturated carbocycles. The quantitative estimate of drug-likeness (QED) is 0.557. The van der Waals surface area contributed by atoms with E-state index in [1.165, 1.54) is 5.56 Å². The number of benzene rings is 2. The molecule has 0 fully saturated rings. The highest BCUT2D eigenvalue weighted by molar-refractivity contribution is 6.29. The van der Waals surface area contributed by atoms with Gasteiger partial charge in [-0.25, -0.2) is 0 Å². The summed E-state index contributed by atoms with van der Waals surface area (Å²) in [7, 11) is 0. The van der Waals surface area contributed by atoms with Gasteiger partial charge in [-0.15, -0.1) is 0 Å². The second kappa shape index (κ2) is 10.1. The van der Waals surface area contributed by atoms with Crippen LogP contribution in [0.1, 0.15) is 48.4 Å². The van der Waals surface area contributed by atoms with E-state index in [4.69, 9.17) is 15.5 Å². The van der Waals surface area contributed by atoms with Crippen molar-refractivity contribution in [2.45, 2.75) is 32.8 Å². The molecule has 164 valence electrons. The summed E-state index contributed by atoms with van der Waals surface area (Å²) in [4.78, 5) is 8.79. The number of nitrogens with one attached hydrogen (secondary N) is 1. The number of nitrogens with zero attached hydrogens (tertiary/aromatic N) is 2. The number of hydrogen-bond acceptors (Lipinski definition) is 5. The first-order chi connectivity index (χ1) is 15.6. The van der Waals surface area contributed by atoms with Crippen molar-refractivity contribution in [1.29, 1.82) is 0 Å². The maximum atomic E-state index is 6.61. The molecular weight excluding hydrogens is 396 g/mol. The third kappa shape index (κ3) is 5.17. The van der Waals surface area contributed by atoms with Crippen LogP contribution in [0, 0.1) is 0 Å². The lowest BCUT2D eigenvalue weighted by molar-refractivity contribution is 0.306. The van der Waals surface area contributed by atoms with Crippen LogP contribution in [0.25, 0.3) is 11.3 Å². The number of nitrogens with two attached hydrogens (primary N) is 1. The smallest absolute Gasteiger partial charge is 0.131 e. The number of hydrogen-bond donors (Lipinski definition) is 2. The lowest BCUT2D eigenvalue weighted by atomic mass is 9.98. The highest BCUT2D eigenvalue weighted by Gasteiger charge is 2.17. The Labute approximate surface area is 190 Å².